The van der Waals surface area contributed by atoms with E-state index in [9.17, 15) is 9.59 Å². The standard InChI is InChI=1S/C28H28N4O5S2/c1-35-19-13-11-18(12-14-19)32-27(34)24-20-8-4-5-10-22(20)39-26(24)30-28(32)38-16-23(33)31-29-15-17-7-6-9-21(36-2)25(17)37-3/h6-7,9,11-15H,4-5,8,10,16H2,1-3H3,(H,31,33). The van der Waals surface area contributed by atoms with Gasteiger partial charge in [-0.3, -0.25) is 14.2 Å². The van der Waals surface area contributed by atoms with Crippen molar-refractivity contribution in [3.8, 4) is 22.9 Å². The lowest BCUT2D eigenvalue weighted by Crippen LogP contribution is -2.24. The lowest BCUT2D eigenvalue weighted by Gasteiger charge is -2.14. The molecule has 0 radical (unpaired) electrons. The first kappa shape index (κ1) is 26.8. The van der Waals surface area contributed by atoms with Gasteiger partial charge in [0.15, 0.2) is 16.7 Å². The monoisotopic (exact) mass is 564 g/mol. The molecule has 1 N–H and O–H groups in total. The molecule has 0 spiro atoms. The van der Waals surface area contributed by atoms with Crippen LogP contribution in [0.15, 0.2) is 57.5 Å². The van der Waals surface area contributed by atoms with Crippen LogP contribution in [0.5, 0.6) is 17.2 Å². The second kappa shape index (κ2) is 11.9. The number of para-hydroxylation sites is 1. The van der Waals surface area contributed by atoms with Crippen LogP contribution in [0, 0.1) is 0 Å². The van der Waals surface area contributed by atoms with E-state index in [0.29, 0.717) is 39.0 Å². The van der Waals surface area contributed by atoms with E-state index >= 15 is 0 Å². The first-order chi connectivity index (χ1) is 19.0. The van der Waals surface area contributed by atoms with Gasteiger partial charge in [0.25, 0.3) is 11.5 Å². The molecule has 2 aromatic heterocycles. The number of methoxy groups -OCH3 is 3. The van der Waals surface area contributed by atoms with Gasteiger partial charge >= 0.3 is 0 Å². The molecule has 1 amide bonds. The van der Waals surface area contributed by atoms with Gasteiger partial charge in [0.2, 0.25) is 0 Å². The van der Waals surface area contributed by atoms with Crippen LogP contribution in [0.1, 0.15) is 28.8 Å². The highest BCUT2D eigenvalue weighted by molar-refractivity contribution is 7.99. The predicted octanol–water partition coefficient (Wildman–Crippen LogP) is 4.59. The van der Waals surface area contributed by atoms with Crippen molar-refractivity contribution in [2.75, 3.05) is 27.1 Å². The van der Waals surface area contributed by atoms with Crippen molar-refractivity contribution in [2.45, 2.75) is 30.8 Å². The van der Waals surface area contributed by atoms with Crippen LogP contribution in [0.25, 0.3) is 15.9 Å². The number of hydrogen-bond acceptors (Lipinski definition) is 9. The number of thioether (sulfide) groups is 1. The van der Waals surface area contributed by atoms with Gasteiger partial charge in [-0.05, 0) is 67.6 Å². The summed E-state index contributed by atoms with van der Waals surface area (Å²) in [5.74, 6) is 1.46. The molecule has 0 atom stereocenters. The van der Waals surface area contributed by atoms with Crippen LogP contribution >= 0.6 is 23.1 Å². The van der Waals surface area contributed by atoms with Gasteiger partial charge in [-0.15, -0.1) is 11.3 Å². The predicted molar refractivity (Wildman–Crippen MR) is 154 cm³/mol. The molecule has 0 saturated heterocycles. The van der Waals surface area contributed by atoms with Crippen molar-refractivity contribution in [1.29, 1.82) is 0 Å². The first-order valence-electron chi connectivity index (χ1n) is 12.4. The zero-order chi connectivity index (χ0) is 27.4. The van der Waals surface area contributed by atoms with Crippen molar-refractivity contribution < 1.29 is 19.0 Å². The normalized spacial score (nSPS) is 12.9. The molecule has 202 valence electrons. The van der Waals surface area contributed by atoms with Crippen LogP contribution in [-0.2, 0) is 17.6 Å². The lowest BCUT2D eigenvalue weighted by atomic mass is 9.97. The summed E-state index contributed by atoms with van der Waals surface area (Å²) >= 11 is 2.78. The highest BCUT2D eigenvalue weighted by Crippen LogP contribution is 2.35. The molecule has 9 nitrogen and oxygen atoms in total. The van der Waals surface area contributed by atoms with E-state index in [2.05, 4.69) is 10.5 Å². The number of nitrogens with one attached hydrogen (secondary N) is 1. The maximum absolute atomic E-state index is 13.9. The van der Waals surface area contributed by atoms with Gasteiger partial charge in [0.05, 0.1) is 44.4 Å². The third-order valence-corrected chi connectivity index (χ3v) is 8.57. The molecule has 2 aromatic carbocycles. The first-order valence-corrected chi connectivity index (χ1v) is 14.2. The number of rotatable bonds is 9. The van der Waals surface area contributed by atoms with Crippen LogP contribution in [0.3, 0.4) is 0 Å². The van der Waals surface area contributed by atoms with Gasteiger partial charge < -0.3 is 14.2 Å². The van der Waals surface area contributed by atoms with E-state index in [4.69, 9.17) is 19.2 Å². The highest BCUT2D eigenvalue weighted by Gasteiger charge is 2.23. The Morgan fingerprint density at radius 1 is 1.10 bits per heavy atom. The fourth-order valence-corrected chi connectivity index (χ4v) is 6.70. The molecule has 5 rings (SSSR count). The highest BCUT2D eigenvalue weighted by atomic mass is 32.2. The molecule has 11 heteroatoms. The molecule has 0 aliphatic heterocycles. The van der Waals surface area contributed by atoms with Gasteiger partial charge in [-0.1, -0.05) is 17.8 Å². The molecule has 0 saturated carbocycles. The Morgan fingerprint density at radius 3 is 2.64 bits per heavy atom. The molecule has 4 aromatic rings. The largest absolute Gasteiger partial charge is 0.497 e. The maximum Gasteiger partial charge on any atom is 0.267 e. The second-order valence-corrected chi connectivity index (χ2v) is 10.8. The number of nitrogens with zero attached hydrogens (tertiary/aromatic N) is 3. The van der Waals surface area contributed by atoms with Crippen LogP contribution in [-0.4, -0.2) is 48.8 Å². The Hall–Kier alpha value is -3.83. The Morgan fingerprint density at radius 2 is 1.90 bits per heavy atom. The summed E-state index contributed by atoms with van der Waals surface area (Å²) < 4.78 is 17.6. The zero-order valence-electron chi connectivity index (χ0n) is 21.9. The van der Waals surface area contributed by atoms with Crippen molar-refractivity contribution in [3.63, 3.8) is 0 Å². The van der Waals surface area contributed by atoms with Gasteiger partial charge in [-0.2, -0.15) is 5.10 Å². The van der Waals surface area contributed by atoms with Crippen molar-refractivity contribution in [2.24, 2.45) is 5.10 Å². The van der Waals surface area contributed by atoms with Gasteiger partial charge in [0, 0.05) is 10.4 Å². The number of hydrazone groups is 1. The fourth-order valence-electron chi connectivity index (χ4n) is 4.59. The number of carbonyl (C=O) groups is 1. The number of ether oxygens (including phenoxy) is 3. The molecule has 1 aliphatic carbocycles. The minimum atomic E-state index is -0.334. The minimum absolute atomic E-state index is 0.0196. The van der Waals surface area contributed by atoms with E-state index < -0.39 is 0 Å². The van der Waals surface area contributed by atoms with Crippen molar-refractivity contribution in [3.05, 3.63) is 68.8 Å². The smallest absolute Gasteiger partial charge is 0.267 e. The van der Waals surface area contributed by atoms with Crippen molar-refractivity contribution in [1.82, 2.24) is 15.0 Å². The van der Waals surface area contributed by atoms with Crippen LogP contribution in [0.2, 0.25) is 0 Å². The third kappa shape index (κ3) is 5.50. The summed E-state index contributed by atoms with van der Waals surface area (Å²) in [6.45, 7) is 0. The molecule has 0 unspecified atom stereocenters. The molecular weight excluding hydrogens is 536 g/mol. The summed E-state index contributed by atoms with van der Waals surface area (Å²) in [6.07, 6.45) is 5.55. The van der Waals surface area contributed by atoms with E-state index in [1.165, 1.54) is 22.9 Å². The number of aryl methyl sites for hydroxylation is 2. The molecular formula is C28H28N4O5S2. The van der Waals surface area contributed by atoms with E-state index in [-0.39, 0.29) is 17.2 Å². The lowest BCUT2D eigenvalue weighted by molar-refractivity contribution is -0.118. The molecule has 39 heavy (non-hydrogen) atoms. The molecule has 1 aliphatic rings. The SMILES string of the molecule is COc1ccc(-n2c(SCC(=O)NN=Cc3cccc(OC)c3OC)nc3sc4c(c3c2=O)CCCC4)cc1. The average Bonchev–Trinajstić information content (AvgIpc) is 3.34. The Bertz CT molecular complexity index is 1590. The molecule has 0 bridgehead atoms. The summed E-state index contributed by atoms with van der Waals surface area (Å²) in [6, 6.07) is 12.6. The Labute approximate surface area is 233 Å². The number of fused-ring (bicyclic) bond motifs is 3. The topological polar surface area (TPSA) is 104 Å². The number of benzene rings is 2. The van der Waals surface area contributed by atoms with E-state index in [1.54, 1.807) is 61.5 Å². The molecule has 0 fully saturated rings. The number of thiophene rings is 1. The second-order valence-electron chi connectivity index (χ2n) is 8.79. The Balaban J connectivity index is 1.41. The number of aromatic nitrogens is 2. The van der Waals surface area contributed by atoms with E-state index in [0.717, 1.165) is 36.1 Å². The fraction of sp³-hybridized carbons (Fsp3) is 0.286. The quantitative estimate of drug-likeness (QED) is 0.137. The number of carbonyl (C=O) groups excluding carboxylic acids is 1. The number of amides is 1. The zero-order valence-corrected chi connectivity index (χ0v) is 23.5. The number of hydrogen-bond donors (Lipinski definition) is 1. The summed E-state index contributed by atoms with van der Waals surface area (Å²) in [7, 11) is 4.69. The summed E-state index contributed by atoms with van der Waals surface area (Å²) in [5, 5.41) is 5.21. The Kier molecular flexibility index (Phi) is 8.18. The third-order valence-electron chi connectivity index (χ3n) is 6.45. The summed E-state index contributed by atoms with van der Waals surface area (Å²) in [5.41, 5.74) is 4.87. The molecule has 2 heterocycles. The average molecular weight is 565 g/mol. The van der Waals surface area contributed by atoms with Gasteiger partial charge in [0.1, 0.15) is 10.6 Å². The van der Waals surface area contributed by atoms with Crippen LogP contribution < -0.4 is 25.2 Å². The maximum atomic E-state index is 13.9. The summed E-state index contributed by atoms with van der Waals surface area (Å²) in [4.78, 5) is 33.4. The van der Waals surface area contributed by atoms with Gasteiger partial charge in [-0.25, -0.2) is 10.4 Å². The van der Waals surface area contributed by atoms with Crippen LogP contribution in [0.4, 0.5) is 0 Å². The van der Waals surface area contributed by atoms with E-state index in [1.807, 2.05) is 18.2 Å². The van der Waals surface area contributed by atoms with Crippen molar-refractivity contribution >= 4 is 45.4 Å². The minimum Gasteiger partial charge on any atom is -0.497 e.